The van der Waals surface area contributed by atoms with E-state index in [4.69, 9.17) is 0 Å². The zero-order chi connectivity index (χ0) is 18.4. The van der Waals surface area contributed by atoms with Crippen molar-refractivity contribution in [3.8, 4) is 0 Å². The zero-order valence-corrected chi connectivity index (χ0v) is 11.7. The van der Waals surface area contributed by atoms with Gasteiger partial charge in [0.2, 0.25) is 5.78 Å². The summed E-state index contributed by atoms with van der Waals surface area (Å²) in [6.07, 6.45) is -15.3. The van der Waals surface area contributed by atoms with E-state index in [1.807, 2.05) is 0 Å². The number of rotatable bonds is 3. The minimum absolute atomic E-state index is 0.254. The standard InChI is InChI=1S/C14H10F6O4/c15-13(16,17)12(23,14(18,19)20)7-11(6-9(21)10(22)24-11)8-4-2-1-3-5-8/h1-5,23H,6-7H2. The van der Waals surface area contributed by atoms with Crippen LogP contribution >= 0.6 is 0 Å². The van der Waals surface area contributed by atoms with Crippen LogP contribution in [0.1, 0.15) is 18.4 Å². The molecule has 1 saturated heterocycles. The number of hydrogen-bond donors (Lipinski definition) is 1. The molecule has 1 aromatic rings. The third-order valence-corrected chi connectivity index (χ3v) is 3.74. The summed E-state index contributed by atoms with van der Waals surface area (Å²) in [6, 6.07) is 6.22. The molecule has 1 atom stereocenters. The number of carbonyl (C=O) groups excluding carboxylic acids is 2. The highest BCUT2D eigenvalue weighted by atomic mass is 19.4. The Bertz CT molecular complexity index is 619. The summed E-state index contributed by atoms with van der Waals surface area (Å²) in [5, 5.41) is 9.39. The van der Waals surface area contributed by atoms with Crippen molar-refractivity contribution in [2.75, 3.05) is 0 Å². The van der Waals surface area contributed by atoms with Crippen LogP contribution < -0.4 is 0 Å². The lowest BCUT2D eigenvalue weighted by Gasteiger charge is -2.38. The lowest BCUT2D eigenvalue weighted by atomic mass is 9.79. The molecule has 2 rings (SSSR count). The van der Waals surface area contributed by atoms with Gasteiger partial charge in [0.1, 0.15) is 5.60 Å². The van der Waals surface area contributed by atoms with E-state index in [0.717, 1.165) is 12.1 Å². The Hall–Kier alpha value is -2.10. The third kappa shape index (κ3) is 2.85. The number of ether oxygens (including phenoxy) is 1. The highest BCUT2D eigenvalue weighted by Gasteiger charge is 2.73. The Morgan fingerprint density at radius 3 is 1.88 bits per heavy atom. The number of carbonyl (C=O) groups is 2. The van der Waals surface area contributed by atoms with Gasteiger partial charge in [0.25, 0.3) is 5.60 Å². The number of hydrogen-bond acceptors (Lipinski definition) is 4. The van der Waals surface area contributed by atoms with Crippen LogP contribution in [0.4, 0.5) is 26.3 Å². The predicted octanol–water partition coefficient (Wildman–Crippen LogP) is 2.64. The molecule has 24 heavy (non-hydrogen) atoms. The van der Waals surface area contributed by atoms with Crippen LogP contribution in [-0.4, -0.2) is 34.8 Å². The molecular weight excluding hydrogens is 346 g/mol. The van der Waals surface area contributed by atoms with Crippen molar-refractivity contribution in [1.82, 2.24) is 0 Å². The van der Waals surface area contributed by atoms with Crippen LogP contribution in [-0.2, 0) is 19.9 Å². The Kier molecular flexibility index (Phi) is 4.16. The first kappa shape index (κ1) is 18.2. The molecule has 0 bridgehead atoms. The molecular formula is C14H10F6O4. The van der Waals surface area contributed by atoms with Crippen molar-refractivity contribution in [2.45, 2.75) is 36.4 Å². The van der Waals surface area contributed by atoms with Crippen molar-refractivity contribution in [1.29, 1.82) is 0 Å². The molecule has 0 saturated carbocycles. The highest BCUT2D eigenvalue weighted by molar-refractivity contribution is 6.35. The Morgan fingerprint density at radius 2 is 1.50 bits per heavy atom. The number of Topliss-reactive ketones (excluding diaryl/α,β-unsaturated/α-hetero) is 1. The molecule has 1 fully saturated rings. The molecule has 1 heterocycles. The fourth-order valence-corrected chi connectivity index (χ4v) is 2.48. The first-order valence-corrected chi connectivity index (χ1v) is 6.50. The molecule has 10 heteroatoms. The predicted molar refractivity (Wildman–Crippen MR) is 65.5 cm³/mol. The SMILES string of the molecule is O=C1CC(CC(O)(C(F)(F)F)C(F)(F)F)(c2ccccc2)OC1=O. The average Bonchev–Trinajstić information content (AvgIpc) is 2.73. The van der Waals surface area contributed by atoms with Gasteiger partial charge >= 0.3 is 18.3 Å². The molecule has 1 unspecified atom stereocenters. The number of cyclic esters (lactones) is 1. The van der Waals surface area contributed by atoms with Gasteiger partial charge in [-0.2, -0.15) is 26.3 Å². The molecule has 4 nitrogen and oxygen atoms in total. The molecule has 0 aromatic heterocycles. The van der Waals surface area contributed by atoms with E-state index < -0.39 is 48.1 Å². The summed E-state index contributed by atoms with van der Waals surface area (Å²) in [5.41, 5.74) is -7.97. The van der Waals surface area contributed by atoms with Gasteiger partial charge in [-0.1, -0.05) is 30.3 Å². The van der Waals surface area contributed by atoms with Crippen LogP contribution in [0.3, 0.4) is 0 Å². The molecule has 0 radical (unpaired) electrons. The fourth-order valence-electron chi connectivity index (χ4n) is 2.48. The van der Waals surface area contributed by atoms with Crippen molar-refractivity contribution in [3.05, 3.63) is 35.9 Å². The van der Waals surface area contributed by atoms with Gasteiger partial charge in [-0.25, -0.2) is 4.79 Å². The van der Waals surface area contributed by atoms with Gasteiger partial charge in [0.15, 0.2) is 0 Å². The van der Waals surface area contributed by atoms with Crippen LogP contribution in [0.15, 0.2) is 30.3 Å². The smallest absolute Gasteiger partial charge is 0.426 e. The van der Waals surface area contributed by atoms with Gasteiger partial charge in [0.05, 0.1) is 6.42 Å². The number of ketones is 1. The Labute approximate surface area is 131 Å². The number of benzene rings is 1. The first-order valence-electron chi connectivity index (χ1n) is 6.50. The van der Waals surface area contributed by atoms with Gasteiger partial charge in [0, 0.05) is 6.42 Å². The molecule has 1 N–H and O–H groups in total. The molecule has 1 aliphatic heterocycles. The van der Waals surface area contributed by atoms with E-state index in [-0.39, 0.29) is 5.56 Å². The van der Waals surface area contributed by atoms with E-state index in [2.05, 4.69) is 4.74 Å². The molecule has 1 aliphatic rings. The fraction of sp³-hybridized carbons (Fsp3) is 0.429. The topological polar surface area (TPSA) is 63.6 Å². The first-order chi connectivity index (χ1) is 10.8. The molecule has 0 aliphatic carbocycles. The van der Waals surface area contributed by atoms with Gasteiger partial charge in [-0.15, -0.1) is 0 Å². The molecule has 1 aromatic carbocycles. The minimum Gasteiger partial charge on any atom is -0.448 e. The Balaban J connectivity index is 2.58. The quantitative estimate of drug-likeness (QED) is 0.514. The van der Waals surface area contributed by atoms with Crippen LogP contribution in [0.25, 0.3) is 0 Å². The van der Waals surface area contributed by atoms with Crippen LogP contribution in [0.2, 0.25) is 0 Å². The van der Waals surface area contributed by atoms with E-state index >= 15 is 0 Å². The average molecular weight is 356 g/mol. The van der Waals surface area contributed by atoms with Crippen molar-refractivity contribution in [3.63, 3.8) is 0 Å². The second kappa shape index (κ2) is 5.47. The van der Waals surface area contributed by atoms with Gasteiger partial charge < -0.3 is 9.84 Å². The second-order valence-electron chi connectivity index (χ2n) is 5.38. The second-order valence-corrected chi connectivity index (χ2v) is 5.38. The molecule has 132 valence electrons. The maximum Gasteiger partial charge on any atom is 0.426 e. The normalized spacial score (nSPS) is 22.6. The third-order valence-electron chi connectivity index (χ3n) is 3.74. The summed E-state index contributed by atoms with van der Waals surface area (Å²) < 4.78 is 82.2. The number of halogens is 6. The molecule has 0 amide bonds. The van der Waals surface area contributed by atoms with Crippen LogP contribution in [0.5, 0.6) is 0 Å². The number of alkyl halides is 6. The maximum atomic E-state index is 12.9. The lowest BCUT2D eigenvalue weighted by Crippen LogP contribution is -2.60. The minimum atomic E-state index is -6.09. The zero-order valence-electron chi connectivity index (χ0n) is 11.7. The Morgan fingerprint density at radius 1 is 1.00 bits per heavy atom. The van der Waals surface area contributed by atoms with E-state index in [1.165, 1.54) is 18.2 Å². The van der Waals surface area contributed by atoms with Crippen molar-refractivity contribution in [2.24, 2.45) is 0 Å². The summed E-state index contributed by atoms with van der Waals surface area (Å²) in [7, 11) is 0. The van der Waals surface area contributed by atoms with E-state index in [9.17, 15) is 41.0 Å². The van der Waals surface area contributed by atoms with Crippen molar-refractivity contribution >= 4 is 11.8 Å². The summed E-state index contributed by atoms with van der Waals surface area (Å²) in [5.74, 6) is -2.82. The van der Waals surface area contributed by atoms with Gasteiger partial charge in [-0.05, 0) is 5.56 Å². The van der Waals surface area contributed by atoms with Crippen LogP contribution in [0, 0.1) is 0 Å². The molecule has 0 spiro atoms. The lowest BCUT2D eigenvalue weighted by molar-refractivity contribution is -0.378. The van der Waals surface area contributed by atoms with E-state index in [0.29, 0.717) is 0 Å². The summed E-state index contributed by atoms with van der Waals surface area (Å²) >= 11 is 0. The maximum absolute atomic E-state index is 12.9. The van der Waals surface area contributed by atoms with E-state index in [1.54, 1.807) is 0 Å². The monoisotopic (exact) mass is 356 g/mol. The summed E-state index contributed by atoms with van der Waals surface area (Å²) in [6.45, 7) is 0. The number of esters is 1. The summed E-state index contributed by atoms with van der Waals surface area (Å²) in [4.78, 5) is 22.8. The van der Waals surface area contributed by atoms with Gasteiger partial charge in [-0.3, -0.25) is 4.79 Å². The largest absolute Gasteiger partial charge is 0.448 e. The van der Waals surface area contributed by atoms with Crippen molar-refractivity contribution < 1.29 is 45.8 Å². The number of aliphatic hydroxyl groups is 1. The highest BCUT2D eigenvalue weighted by Crippen LogP contribution is 2.52.